The predicted octanol–water partition coefficient (Wildman–Crippen LogP) is 5.48. The molecule has 0 unspecified atom stereocenters. The fraction of sp³-hybridized carbons (Fsp3) is 0.0370. The molecule has 0 spiro atoms. The Morgan fingerprint density at radius 1 is 0.839 bits per heavy atom. The first-order chi connectivity index (χ1) is 15.2. The summed E-state index contributed by atoms with van der Waals surface area (Å²) in [6.45, 7) is 0.617. The molecule has 0 saturated carbocycles. The molecule has 4 heteroatoms. The molecule has 0 aliphatic carbocycles. The smallest absolute Gasteiger partial charge is 0.249 e. The average Bonchev–Trinajstić information content (AvgIpc) is 3.13. The first kappa shape index (κ1) is 18.7. The molecule has 4 aromatic carbocycles. The highest BCUT2D eigenvalue weighted by Gasteiger charge is 2.17. The lowest BCUT2D eigenvalue weighted by atomic mass is 10.0. The van der Waals surface area contributed by atoms with Gasteiger partial charge in [-0.1, -0.05) is 60.7 Å². The van der Waals surface area contributed by atoms with Crippen molar-refractivity contribution in [3.05, 3.63) is 108 Å². The van der Waals surface area contributed by atoms with Crippen molar-refractivity contribution in [2.45, 2.75) is 6.54 Å². The number of nitrogens with zero attached hydrogens (tertiary/aromatic N) is 2. The predicted molar refractivity (Wildman–Crippen MR) is 124 cm³/mol. The summed E-state index contributed by atoms with van der Waals surface area (Å²) in [4.78, 5) is 12.2. The van der Waals surface area contributed by atoms with E-state index in [0.29, 0.717) is 17.7 Å². The van der Waals surface area contributed by atoms with Crippen LogP contribution in [0.15, 0.2) is 91.0 Å². The number of carbonyl (C=O) groups excluding carboxylic acids is 1. The maximum Gasteiger partial charge on any atom is 0.249 e. The molecular weight excluding hydrogens is 382 g/mol. The number of benzene rings is 4. The molecule has 1 heterocycles. The van der Waals surface area contributed by atoms with Crippen LogP contribution >= 0.6 is 0 Å². The van der Waals surface area contributed by atoms with Gasteiger partial charge in [0, 0.05) is 22.9 Å². The molecule has 5 rings (SSSR count). The van der Waals surface area contributed by atoms with Crippen LogP contribution in [0.5, 0.6) is 0 Å². The molecule has 1 aromatic heterocycles. The van der Waals surface area contributed by atoms with Crippen molar-refractivity contribution in [1.82, 2.24) is 4.57 Å². The van der Waals surface area contributed by atoms with Gasteiger partial charge in [0.15, 0.2) is 0 Å². The molecule has 0 radical (unpaired) electrons. The second-order valence-electron chi connectivity index (χ2n) is 7.56. The first-order valence-corrected chi connectivity index (χ1v) is 10.0. The highest BCUT2D eigenvalue weighted by molar-refractivity contribution is 6.18. The summed E-state index contributed by atoms with van der Waals surface area (Å²) in [5.74, 6) is -0.435. The molecule has 0 atom stereocenters. The molecule has 148 valence electrons. The Morgan fingerprint density at radius 2 is 1.61 bits per heavy atom. The summed E-state index contributed by atoms with van der Waals surface area (Å²) in [6.07, 6.45) is 0. The van der Waals surface area contributed by atoms with Crippen LogP contribution in [-0.2, 0) is 6.54 Å². The zero-order valence-corrected chi connectivity index (χ0v) is 16.7. The van der Waals surface area contributed by atoms with E-state index in [9.17, 15) is 4.79 Å². The van der Waals surface area contributed by atoms with E-state index in [4.69, 9.17) is 11.0 Å². The van der Waals surface area contributed by atoms with E-state index < -0.39 is 5.91 Å². The van der Waals surface area contributed by atoms with Gasteiger partial charge < -0.3 is 10.3 Å². The van der Waals surface area contributed by atoms with Crippen molar-refractivity contribution in [2.24, 2.45) is 5.73 Å². The Hall–Kier alpha value is -4.36. The van der Waals surface area contributed by atoms with Gasteiger partial charge in [-0.05, 0) is 47.0 Å². The van der Waals surface area contributed by atoms with E-state index in [1.807, 2.05) is 54.6 Å². The average molecular weight is 401 g/mol. The zero-order valence-electron chi connectivity index (χ0n) is 16.7. The molecule has 0 bridgehead atoms. The van der Waals surface area contributed by atoms with E-state index in [1.165, 1.54) is 0 Å². The quantitative estimate of drug-likeness (QED) is 0.433. The van der Waals surface area contributed by atoms with Crippen molar-refractivity contribution in [3.8, 4) is 17.2 Å². The number of hydrogen-bond donors (Lipinski definition) is 1. The Labute approximate surface area is 179 Å². The van der Waals surface area contributed by atoms with Crippen molar-refractivity contribution < 1.29 is 4.79 Å². The SMILES string of the molecule is N#Cc1ccc(Cn2c3cc(-c4ccccc4)ccc3c3c(C(N)=O)cccc32)cc1. The number of nitriles is 1. The van der Waals surface area contributed by atoms with Gasteiger partial charge in [0.25, 0.3) is 0 Å². The van der Waals surface area contributed by atoms with Crippen LogP contribution < -0.4 is 5.73 Å². The third-order valence-electron chi connectivity index (χ3n) is 5.69. The lowest BCUT2D eigenvalue weighted by Crippen LogP contribution is -2.11. The second kappa shape index (κ2) is 7.47. The lowest BCUT2D eigenvalue weighted by molar-refractivity contribution is 0.100. The number of hydrogen-bond acceptors (Lipinski definition) is 2. The van der Waals surface area contributed by atoms with E-state index in [-0.39, 0.29) is 0 Å². The van der Waals surface area contributed by atoms with Crippen molar-refractivity contribution in [1.29, 1.82) is 5.26 Å². The molecule has 0 saturated heterocycles. The van der Waals surface area contributed by atoms with Crippen molar-refractivity contribution >= 4 is 27.7 Å². The minimum atomic E-state index is -0.435. The van der Waals surface area contributed by atoms with Crippen LogP contribution in [0, 0.1) is 11.3 Å². The molecule has 0 fully saturated rings. The topological polar surface area (TPSA) is 71.8 Å². The van der Waals surface area contributed by atoms with Gasteiger partial charge >= 0.3 is 0 Å². The highest BCUT2D eigenvalue weighted by atomic mass is 16.1. The maximum atomic E-state index is 12.2. The molecule has 0 aliphatic rings. The number of rotatable bonds is 4. The van der Waals surface area contributed by atoms with Gasteiger partial charge in [-0.3, -0.25) is 4.79 Å². The molecule has 0 aliphatic heterocycles. The molecular formula is C27H19N3O. The molecule has 2 N–H and O–H groups in total. The van der Waals surface area contributed by atoms with Crippen LogP contribution in [0.4, 0.5) is 0 Å². The van der Waals surface area contributed by atoms with E-state index in [2.05, 4.69) is 41.0 Å². The number of nitrogens with two attached hydrogens (primary N) is 1. The number of carbonyl (C=O) groups is 1. The van der Waals surface area contributed by atoms with Gasteiger partial charge in [-0.25, -0.2) is 0 Å². The monoisotopic (exact) mass is 401 g/mol. The molecule has 31 heavy (non-hydrogen) atoms. The molecule has 4 nitrogen and oxygen atoms in total. The molecule has 5 aromatic rings. The van der Waals surface area contributed by atoms with Crippen LogP contribution in [0.25, 0.3) is 32.9 Å². The fourth-order valence-electron chi connectivity index (χ4n) is 4.20. The summed E-state index contributed by atoms with van der Waals surface area (Å²) in [5.41, 5.74) is 12.2. The number of primary amides is 1. The van der Waals surface area contributed by atoms with Gasteiger partial charge in [-0.2, -0.15) is 5.26 Å². The minimum absolute atomic E-state index is 0.435. The largest absolute Gasteiger partial charge is 0.366 e. The Balaban J connectivity index is 1.78. The van der Waals surface area contributed by atoms with E-state index in [1.54, 1.807) is 6.07 Å². The summed E-state index contributed by atoms with van der Waals surface area (Å²) in [7, 11) is 0. The van der Waals surface area contributed by atoms with E-state index in [0.717, 1.165) is 38.5 Å². The number of fused-ring (bicyclic) bond motifs is 3. The Bertz CT molecular complexity index is 1470. The van der Waals surface area contributed by atoms with Crippen molar-refractivity contribution in [2.75, 3.05) is 0 Å². The number of aromatic nitrogens is 1. The van der Waals surface area contributed by atoms with Gasteiger partial charge in [0.05, 0.1) is 22.7 Å². The van der Waals surface area contributed by atoms with Gasteiger partial charge in [0.2, 0.25) is 5.91 Å². The van der Waals surface area contributed by atoms with E-state index >= 15 is 0 Å². The normalized spacial score (nSPS) is 10.9. The second-order valence-corrected chi connectivity index (χ2v) is 7.56. The third kappa shape index (κ3) is 3.23. The lowest BCUT2D eigenvalue weighted by Gasteiger charge is -2.09. The summed E-state index contributed by atoms with van der Waals surface area (Å²) >= 11 is 0. The van der Waals surface area contributed by atoms with Gasteiger partial charge in [-0.15, -0.1) is 0 Å². The van der Waals surface area contributed by atoms with Gasteiger partial charge in [0.1, 0.15) is 0 Å². The highest BCUT2D eigenvalue weighted by Crippen LogP contribution is 2.35. The van der Waals surface area contributed by atoms with Crippen molar-refractivity contribution in [3.63, 3.8) is 0 Å². The summed E-state index contributed by atoms with van der Waals surface area (Å²) < 4.78 is 2.21. The van der Waals surface area contributed by atoms with Crippen LogP contribution in [0.2, 0.25) is 0 Å². The summed E-state index contributed by atoms with van der Waals surface area (Å²) in [6, 6.07) is 32.0. The maximum absolute atomic E-state index is 12.2. The van der Waals surface area contributed by atoms with Crippen LogP contribution in [0.1, 0.15) is 21.5 Å². The first-order valence-electron chi connectivity index (χ1n) is 10.0. The van der Waals surface area contributed by atoms with Crippen LogP contribution in [0.3, 0.4) is 0 Å². The zero-order chi connectivity index (χ0) is 21.4. The minimum Gasteiger partial charge on any atom is -0.366 e. The Kier molecular flexibility index (Phi) is 4.50. The van der Waals surface area contributed by atoms with Crippen LogP contribution in [-0.4, -0.2) is 10.5 Å². The Morgan fingerprint density at radius 3 is 2.32 bits per heavy atom. The summed E-state index contributed by atoms with van der Waals surface area (Å²) in [5, 5.41) is 11.0. The fourth-order valence-corrected chi connectivity index (χ4v) is 4.20. The molecule has 1 amide bonds. The standard InChI is InChI=1S/C27H19N3O/c28-16-18-9-11-19(12-10-18)17-30-24-8-4-7-23(27(29)31)26(24)22-14-13-21(15-25(22)30)20-5-2-1-3-6-20/h1-15H,17H2,(H2,29,31). The number of amides is 1. The third-order valence-corrected chi connectivity index (χ3v) is 5.69.